The number of aryl methyl sites for hydroxylation is 1. The van der Waals surface area contributed by atoms with E-state index in [1.807, 2.05) is 6.92 Å². The van der Waals surface area contributed by atoms with Gasteiger partial charge in [-0.2, -0.15) is 8.42 Å². The van der Waals surface area contributed by atoms with Crippen LogP contribution >= 0.6 is 11.8 Å². The highest BCUT2D eigenvalue weighted by Crippen LogP contribution is 2.30. The number of rotatable bonds is 3. The molecule has 0 saturated heterocycles. The third kappa shape index (κ3) is 3.99. The Morgan fingerprint density at radius 3 is 2.80 bits per heavy atom. The van der Waals surface area contributed by atoms with Crippen LogP contribution < -0.4 is 10.6 Å². The summed E-state index contributed by atoms with van der Waals surface area (Å²) in [6, 6.07) is 10.7. The number of carbonyl (C=O) groups excluding carboxylic acids is 1. The number of thioether (sulfide) groups is 1. The van der Waals surface area contributed by atoms with Gasteiger partial charge in [-0.1, -0.05) is 30.0 Å². The Hall–Kier alpha value is -2.39. The molecule has 2 N–H and O–H groups in total. The van der Waals surface area contributed by atoms with Crippen molar-refractivity contribution in [3.8, 4) is 0 Å². The molecule has 1 amide bonds. The average Bonchev–Trinajstić information content (AvgIpc) is 2.54. The monoisotopic (exact) mass is 379 g/mol. The molecule has 25 heavy (non-hydrogen) atoms. The standard InChI is InChI=1S/C16H14FN3O3S2/c1-10-6-7-14-13(8-10)19-16(20-25(14,22)23)24-9-15(21)18-12-5-3-2-4-11(12)17/h2-8H,9H2,1H3,(H,18,21)(H,19,20). The van der Waals surface area contributed by atoms with E-state index in [4.69, 9.17) is 0 Å². The van der Waals surface area contributed by atoms with Crippen molar-refractivity contribution in [1.82, 2.24) is 0 Å². The summed E-state index contributed by atoms with van der Waals surface area (Å²) in [4.78, 5) is 12.0. The predicted molar refractivity (Wildman–Crippen MR) is 96.9 cm³/mol. The van der Waals surface area contributed by atoms with Crippen molar-refractivity contribution >= 4 is 44.2 Å². The first kappa shape index (κ1) is 17.4. The zero-order valence-electron chi connectivity index (χ0n) is 13.1. The summed E-state index contributed by atoms with van der Waals surface area (Å²) in [5, 5.41) is 5.43. The number of amides is 1. The number of carbonyl (C=O) groups is 1. The van der Waals surface area contributed by atoms with Gasteiger partial charge < -0.3 is 10.6 Å². The number of benzene rings is 2. The van der Waals surface area contributed by atoms with Crippen LogP contribution in [0.25, 0.3) is 0 Å². The van der Waals surface area contributed by atoms with Crippen LogP contribution in [0.3, 0.4) is 0 Å². The Morgan fingerprint density at radius 1 is 1.28 bits per heavy atom. The van der Waals surface area contributed by atoms with E-state index in [1.54, 1.807) is 18.2 Å². The molecule has 6 nitrogen and oxygen atoms in total. The minimum absolute atomic E-state index is 0.0697. The molecule has 0 radical (unpaired) electrons. The molecule has 1 aliphatic rings. The number of sulfonamides is 1. The van der Waals surface area contributed by atoms with Gasteiger partial charge in [0.25, 0.3) is 10.0 Å². The SMILES string of the molecule is Cc1ccc2c(c1)NC(SCC(=O)Nc1ccccc1F)=NS2(=O)=O. The van der Waals surface area contributed by atoms with Gasteiger partial charge in [-0.05, 0) is 36.8 Å². The van der Waals surface area contributed by atoms with Crippen LogP contribution in [0.2, 0.25) is 0 Å². The number of hydrogen-bond donors (Lipinski definition) is 2. The van der Waals surface area contributed by atoms with E-state index in [1.165, 1.54) is 24.3 Å². The number of nitrogens with one attached hydrogen (secondary N) is 2. The lowest BCUT2D eigenvalue weighted by atomic mass is 10.2. The van der Waals surface area contributed by atoms with Crippen LogP contribution in [-0.2, 0) is 14.8 Å². The van der Waals surface area contributed by atoms with Crippen molar-refractivity contribution in [2.45, 2.75) is 11.8 Å². The van der Waals surface area contributed by atoms with Gasteiger partial charge in [0, 0.05) is 0 Å². The summed E-state index contributed by atoms with van der Waals surface area (Å²) in [7, 11) is -3.81. The fraction of sp³-hybridized carbons (Fsp3) is 0.125. The molecule has 0 fully saturated rings. The van der Waals surface area contributed by atoms with Crippen molar-refractivity contribution < 1.29 is 17.6 Å². The van der Waals surface area contributed by atoms with E-state index >= 15 is 0 Å². The lowest BCUT2D eigenvalue weighted by molar-refractivity contribution is -0.113. The zero-order chi connectivity index (χ0) is 18.0. The van der Waals surface area contributed by atoms with Crippen molar-refractivity contribution in [3.63, 3.8) is 0 Å². The van der Waals surface area contributed by atoms with Crippen LogP contribution in [0.15, 0.2) is 51.8 Å². The maximum absolute atomic E-state index is 13.5. The van der Waals surface area contributed by atoms with E-state index in [2.05, 4.69) is 15.0 Å². The number of fused-ring (bicyclic) bond motifs is 1. The Bertz CT molecular complexity index is 974. The second-order valence-corrected chi connectivity index (χ2v) is 7.85. The summed E-state index contributed by atoms with van der Waals surface area (Å²) in [5.41, 5.74) is 1.39. The van der Waals surface area contributed by atoms with Crippen LogP contribution in [0.4, 0.5) is 15.8 Å². The molecule has 0 saturated carbocycles. The number of para-hydroxylation sites is 1. The second kappa shape index (κ2) is 6.85. The lowest BCUT2D eigenvalue weighted by Crippen LogP contribution is -2.22. The molecule has 0 unspecified atom stereocenters. The number of hydrogen-bond acceptors (Lipinski definition) is 5. The van der Waals surface area contributed by atoms with Crippen LogP contribution in [0.1, 0.15) is 5.56 Å². The van der Waals surface area contributed by atoms with E-state index in [0.29, 0.717) is 5.69 Å². The molecule has 0 aromatic heterocycles. The smallest absolute Gasteiger partial charge is 0.286 e. The first-order valence-electron chi connectivity index (χ1n) is 7.25. The van der Waals surface area contributed by atoms with E-state index in [-0.39, 0.29) is 21.5 Å². The number of nitrogens with zero attached hydrogens (tertiary/aromatic N) is 1. The minimum atomic E-state index is -3.81. The third-order valence-corrected chi connectivity index (χ3v) is 5.67. The molecule has 0 atom stereocenters. The van der Waals surface area contributed by atoms with Gasteiger partial charge in [-0.15, -0.1) is 4.40 Å². The molecule has 2 aromatic rings. The van der Waals surface area contributed by atoms with Gasteiger partial charge >= 0.3 is 0 Å². The number of halogens is 1. The van der Waals surface area contributed by atoms with E-state index in [9.17, 15) is 17.6 Å². The maximum Gasteiger partial charge on any atom is 0.286 e. The average molecular weight is 379 g/mol. The minimum Gasteiger partial charge on any atom is -0.333 e. The fourth-order valence-electron chi connectivity index (χ4n) is 2.21. The topological polar surface area (TPSA) is 87.6 Å². The van der Waals surface area contributed by atoms with Crippen LogP contribution in [-0.4, -0.2) is 25.2 Å². The largest absolute Gasteiger partial charge is 0.333 e. The van der Waals surface area contributed by atoms with E-state index in [0.717, 1.165) is 17.3 Å². The highest BCUT2D eigenvalue weighted by Gasteiger charge is 2.25. The van der Waals surface area contributed by atoms with Crippen molar-refractivity contribution in [2.75, 3.05) is 16.4 Å². The first-order valence-corrected chi connectivity index (χ1v) is 9.67. The molecule has 2 aromatic carbocycles. The quantitative estimate of drug-likeness (QED) is 0.856. The third-order valence-electron chi connectivity index (χ3n) is 3.35. The van der Waals surface area contributed by atoms with Crippen molar-refractivity contribution in [3.05, 3.63) is 53.8 Å². The fourth-order valence-corrected chi connectivity index (χ4v) is 4.23. The molecule has 1 aliphatic heterocycles. The van der Waals surface area contributed by atoms with Crippen molar-refractivity contribution in [1.29, 1.82) is 0 Å². The highest BCUT2D eigenvalue weighted by atomic mass is 32.2. The Labute approximate surface area is 148 Å². The van der Waals surface area contributed by atoms with Crippen molar-refractivity contribution in [2.24, 2.45) is 4.40 Å². The molecule has 130 valence electrons. The lowest BCUT2D eigenvalue weighted by Gasteiger charge is -2.18. The molecule has 0 spiro atoms. The Balaban J connectivity index is 1.69. The predicted octanol–water partition coefficient (Wildman–Crippen LogP) is 2.98. The number of anilines is 2. The summed E-state index contributed by atoms with van der Waals surface area (Å²) in [5.74, 6) is -1.12. The van der Waals surface area contributed by atoms with Gasteiger partial charge in [0.15, 0.2) is 5.17 Å². The van der Waals surface area contributed by atoms with Gasteiger partial charge in [-0.25, -0.2) is 4.39 Å². The molecular formula is C16H14FN3O3S2. The number of amidine groups is 1. The second-order valence-electron chi connectivity index (χ2n) is 5.31. The van der Waals surface area contributed by atoms with Gasteiger partial charge in [-0.3, -0.25) is 4.79 Å². The summed E-state index contributed by atoms with van der Waals surface area (Å²) in [6.45, 7) is 1.84. The summed E-state index contributed by atoms with van der Waals surface area (Å²) in [6.07, 6.45) is 0. The van der Waals surface area contributed by atoms with Crippen LogP contribution in [0, 0.1) is 12.7 Å². The molecule has 1 heterocycles. The first-order chi connectivity index (χ1) is 11.8. The molecule has 0 aliphatic carbocycles. The maximum atomic E-state index is 13.5. The highest BCUT2D eigenvalue weighted by molar-refractivity contribution is 8.15. The molecule has 9 heteroatoms. The Morgan fingerprint density at radius 2 is 2.04 bits per heavy atom. The molecular weight excluding hydrogens is 365 g/mol. The summed E-state index contributed by atoms with van der Waals surface area (Å²) >= 11 is 0.928. The van der Waals surface area contributed by atoms with E-state index < -0.39 is 21.7 Å². The summed E-state index contributed by atoms with van der Waals surface area (Å²) < 4.78 is 41.5. The zero-order valence-corrected chi connectivity index (χ0v) is 14.7. The Kier molecular flexibility index (Phi) is 4.78. The van der Waals surface area contributed by atoms with Crippen LogP contribution in [0.5, 0.6) is 0 Å². The van der Waals surface area contributed by atoms with Gasteiger partial charge in [0.05, 0.1) is 17.1 Å². The molecule has 0 bridgehead atoms. The molecule has 3 rings (SSSR count). The normalized spacial score (nSPS) is 14.9. The van der Waals surface area contributed by atoms with Gasteiger partial charge in [0.2, 0.25) is 5.91 Å². The van der Waals surface area contributed by atoms with Gasteiger partial charge in [0.1, 0.15) is 10.7 Å².